The number of nitrogens with one attached hydrogen (secondary N) is 2. The summed E-state index contributed by atoms with van der Waals surface area (Å²) in [5.74, 6) is 1.69. The number of carbonyl (C=O) groups excluding carboxylic acids is 1. The molecule has 0 saturated heterocycles. The summed E-state index contributed by atoms with van der Waals surface area (Å²) in [5, 5.41) is 25.0. The zero-order valence-electron chi connectivity index (χ0n) is 26.2. The van der Waals surface area contributed by atoms with Crippen molar-refractivity contribution in [1.82, 2.24) is 44.8 Å². The lowest BCUT2D eigenvalue weighted by Crippen LogP contribution is -2.37. The normalized spacial score (nSPS) is 18.2. The lowest BCUT2D eigenvalue weighted by molar-refractivity contribution is -0.124. The minimum atomic E-state index is -0.374. The molecule has 5 aromatic rings. The number of hydrogen-bond acceptors (Lipinski definition) is 10. The van der Waals surface area contributed by atoms with E-state index in [1.54, 1.807) is 17.2 Å². The van der Waals surface area contributed by atoms with E-state index in [0.717, 1.165) is 53.9 Å². The first-order valence-electron chi connectivity index (χ1n) is 16.0. The quantitative estimate of drug-likeness (QED) is 0.246. The van der Waals surface area contributed by atoms with Crippen LogP contribution >= 0.6 is 0 Å². The molecule has 4 aromatic heterocycles. The predicted octanol–water partition coefficient (Wildman–Crippen LogP) is 3.83. The maximum atomic E-state index is 13.8. The second-order valence-electron chi connectivity index (χ2n) is 12.2. The Morgan fingerprint density at radius 3 is 2.57 bits per heavy atom. The molecule has 1 amide bonds. The fraction of sp³-hybridized carbons (Fsp3) is 0.353. The van der Waals surface area contributed by atoms with Crippen LogP contribution in [-0.4, -0.2) is 58.0 Å². The Morgan fingerprint density at radius 2 is 1.83 bits per heavy atom. The predicted molar refractivity (Wildman–Crippen MR) is 175 cm³/mol. The van der Waals surface area contributed by atoms with Crippen LogP contribution in [0.1, 0.15) is 54.2 Å². The summed E-state index contributed by atoms with van der Waals surface area (Å²) in [5.41, 5.74) is 4.21. The molecule has 47 heavy (non-hydrogen) atoms. The maximum absolute atomic E-state index is 13.8. The number of benzene rings is 1. The Morgan fingerprint density at radius 1 is 0.979 bits per heavy atom. The van der Waals surface area contributed by atoms with Gasteiger partial charge in [-0.25, -0.2) is 14.6 Å². The number of aromatic nitrogens is 8. The van der Waals surface area contributed by atoms with E-state index in [2.05, 4.69) is 41.8 Å². The van der Waals surface area contributed by atoms with E-state index in [1.165, 1.54) is 0 Å². The number of pyridine rings is 1. The van der Waals surface area contributed by atoms with Gasteiger partial charge in [0.15, 0.2) is 5.82 Å². The molecule has 2 aliphatic rings. The molecule has 7 rings (SSSR count). The lowest BCUT2D eigenvalue weighted by Gasteiger charge is -2.33. The number of fused-ring (bicyclic) bond motifs is 1. The molecule has 0 bridgehead atoms. The third-order valence-electron chi connectivity index (χ3n) is 9.11. The van der Waals surface area contributed by atoms with Crippen LogP contribution in [0, 0.1) is 17.2 Å². The zero-order chi connectivity index (χ0) is 32.2. The summed E-state index contributed by atoms with van der Waals surface area (Å²) in [6.07, 6.45) is 12.1. The van der Waals surface area contributed by atoms with Crippen LogP contribution in [0.2, 0.25) is 0 Å². The van der Waals surface area contributed by atoms with Gasteiger partial charge in [0, 0.05) is 49.7 Å². The van der Waals surface area contributed by atoms with Gasteiger partial charge in [-0.1, -0.05) is 36.4 Å². The lowest BCUT2D eigenvalue weighted by atomic mass is 9.76. The molecule has 5 heterocycles. The van der Waals surface area contributed by atoms with E-state index in [-0.39, 0.29) is 23.8 Å². The van der Waals surface area contributed by atoms with Crippen LogP contribution in [0.25, 0.3) is 11.1 Å². The van der Waals surface area contributed by atoms with Gasteiger partial charge in [-0.05, 0) is 43.2 Å². The molecule has 0 radical (unpaired) electrons. The summed E-state index contributed by atoms with van der Waals surface area (Å²) < 4.78 is 3.64. The summed E-state index contributed by atoms with van der Waals surface area (Å²) in [6, 6.07) is 16.3. The van der Waals surface area contributed by atoms with Crippen LogP contribution in [0.5, 0.6) is 0 Å². The molecular formula is C34H36N12O. The van der Waals surface area contributed by atoms with Crippen molar-refractivity contribution in [3.63, 3.8) is 0 Å². The highest BCUT2D eigenvalue weighted by Crippen LogP contribution is 2.37. The van der Waals surface area contributed by atoms with Crippen molar-refractivity contribution in [2.75, 3.05) is 16.8 Å². The number of nitriles is 1. The van der Waals surface area contributed by atoms with Gasteiger partial charge in [-0.3, -0.25) is 14.5 Å². The standard InChI is InChI=1S/C34H36N12O/c1-44-20-27(19-40-44)25-9-12-29(36-17-25)31(33(47)37-16-23-5-3-2-4-6-23)24-7-10-28(11-8-24)42-34-38-18-26(15-35)32(43-34)45-13-14-46-30(21-45)39-22-41-46/h2-6,9,12,17-20,22,24,28,31H,7-8,10-11,13-14,16,21H2,1H3,(H,37,47)(H,38,42,43). The van der Waals surface area contributed by atoms with Crippen LogP contribution in [-0.2, 0) is 31.5 Å². The molecule has 238 valence electrons. The van der Waals surface area contributed by atoms with Crippen molar-refractivity contribution in [1.29, 1.82) is 5.26 Å². The van der Waals surface area contributed by atoms with Crippen molar-refractivity contribution < 1.29 is 4.79 Å². The minimum Gasteiger partial charge on any atom is -0.351 e. The van der Waals surface area contributed by atoms with E-state index in [1.807, 2.05) is 72.8 Å². The molecule has 1 unspecified atom stereocenters. The minimum absolute atomic E-state index is 0.00989. The molecule has 1 atom stereocenters. The van der Waals surface area contributed by atoms with Crippen molar-refractivity contribution in [2.45, 2.75) is 57.3 Å². The van der Waals surface area contributed by atoms with Gasteiger partial charge in [0.25, 0.3) is 0 Å². The van der Waals surface area contributed by atoms with Crippen molar-refractivity contribution >= 4 is 17.7 Å². The van der Waals surface area contributed by atoms with E-state index >= 15 is 0 Å². The van der Waals surface area contributed by atoms with Crippen LogP contribution in [0.4, 0.5) is 11.8 Å². The molecule has 1 aromatic carbocycles. The molecule has 13 heteroatoms. The maximum Gasteiger partial charge on any atom is 0.229 e. The van der Waals surface area contributed by atoms with Crippen molar-refractivity contribution in [3.05, 3.63) is 96.2 Å². The Bertz CT molecular complexity index is 1870. The fourth-order valence-electron chi connectivity index (χ4n) is 6.60. The molecule has 2 N–H and O–H groups in total. The number of hydrogen-bond donors (Lipinski definition) is 2. The van der Waals surface area contributed by atoms with Crippen LogP contribution < -0.4 is 15.5 Å². The highest BCUT2D eigenvalue weighted by molar-refractivity contribution is 5.83. The largest absolute Gasteiger partial charge is 0.351 e. The number of rotatable bonds is 9. The summed E-state index contributed by atoms with van der Waals surface area (Å²) in [6.45, 7) is 2.35. The van der Waals surface area contributed by atoms with Gasteiger partial charge in [0.2, 0.25) is 11.9 Å². The van der Waals surface area contributed by atoms with Gasteiger partial charge >= 0.3 is 0 Å². The third-order valence-corrected chi connectivity index (χ3v) is 9.11. The van der Waals surface area contributed by atoms with Gasteiger partial charge in [-0.15, -0.1) is 0 Å². The Kier molecular flexibility index (Phi) is 8.55. The average Bonchev–Trinajstić information content (AvgIpc) is 3.77. The van der Waals surface area contributed by atoms with E-state index in [9.17, 15) is 10.1 Å². The van der Waals surface area contributed by atoms with Gasteiger partial charge in [0.1, 0.15) is 23.8 Å². The van der Waals surface area contributed by atoms with Crippen molar-refractivity contribution in [2.24, 2.45) is 13.0 Å². The van der Waals surface area contributed by atoms with Crippen LogP contribution in [0.15, 0.2) is 73.6 Å². The van der Waals surface area contributed by atoms with Gasteiger partial charge < -0.3 is 15.5 Å². The highest BCUT2D eigenvalue weighted by Gasteiger charge is 2.34. The molecule has 1 aliphatic heterocycles. The molecule has 0 spiro atoms. The summed E-state index contributed by atoms with van der Waals surface area (Å²) in [4.78, 5) is 34.3. The smallest absolute Gasteiger partial charge is 0.229 e. The molecular weight excluding hydrogens is 592 g/mol. The van der Waals surface area contributed by atoms with Gasteiger partial charge in [-0.2, -0.15) is 20.4 Å². The molecule has 1 saturated carbocycles. The number of nitrogens with zero attached hydrogens (tertiary/aromatic N) is 10. The first-order valence-corrected chi connectivity index (χ1v) is 16.0. The average molecular weight is 629 g/mol. The second kappa shape index (κ2) is 13.4. The van der Waals surface area contributed by atoms with E-state index in [0.29, 0.717) is 43.5 Å². The fourth-order valence-corrected chi connectivity index (χ4v) is 6.60. The first-order chi connectivity index (χ1) is 23.0. The van der Waals surface area contributed by atoms with Gasteiger partial charge in [0.05, 0.1) is 37.1 Å². The SMILES string of the molecule is Cn1cc(-c2ccc(C(C(=O)NCc3ccccc3)C3CCC(Nc4ncc(C#N)c(N5CCn6ncnc6C5)n4)CC3)nc2)cn1. The first kappa shape index (κ1) is 30.0. The molecule has 1 fully saturated rings. The summed E-state index contributed by atoms with van der Waals surface area (Å²) >= 11 is 0. The number of aryl methyl sites for hydroxylation is 1. The van der Waals surface area contributed by atoms with E-state index in [4.69, 9.17) is 9.97 Å². The summed E-state index contributed by atoms with van der Waals surface area (Å²) in [7, 11) is 1.89. The second-order valence-corrected chi connectivity index (χ2v) is 12.2. The Balaban J connectivity index is 1.04. The van der Waals surface area contributed by atoms with Crippen molar-refractivity contribution in [3.8, 4) is 17.2 Å². The Hall–Kier alpha value is -5.64. The van der Waals surface area contributed by atoms with E-state index < -0.39 is 0 Å². The molecule has 13 nitrogen and oxygen atoms in total. The Labute approximate surface area is 272 Å². The van der Waals surface area contributed by atoms with Crippen LogP contribution in [0.3, 0.4) is 0 Å². The molecule has 1 aliphatic carbocycles. The monoisotopic (exact) mass is 628 g/mol. The number of amides is 1. The third kappa shape index (κ3) is 6.67. The number of anilines is 2. The number of carbonyl (C=O) groups is 1. The topological polar surface area (TPSA) is 155 Å². The zero-order valence-corrected chi connectivity index (χ0v) is 26.2. The highest BCUT2D eigenvalue weighted by atomic mass is 16.1.